The molecule has 66 valence electrons. The fourth-order valence-corrected chi connectivity index (χ4v) is 1.88. The molecule has 0 bridgehead atoms. The van der Waals surface area contributed by atoms with Gasteiger partial charge in [0.1, 0.15) is 0 Å². The van der Waals surface area contributed by atoms with Gasteiger partial charge in [0.15, 0.2) is 0 Å². The summed E-state index contributed by atoms with van der Waals surface area (Å²) in [5, 5.41) is 0. The van der Waals surface area contributed by atoms with Gasteiger partial charge in [-0.2, -0.15) is 0 Å². The van der Waals surface area contributed by atoms with E-state index < -0.39 is 0 Å². The van der Waals surface area contributed by atoms with Crippen LogP contribution >= 0.6 is 0 Å². The van der Waals surface area contributed by atoms with Gasteiger partial charge in [0, 0.05) is 12.1 Å². The first-order chi connectivity index (χ1) is 5.11. The van der Waals surface area contributed by atoms with Crippen molar-refractivity contribution in [2.75, 3.05) is 13.6 Å². The topological polar surface area (TPSA) is 29.3 Å². The van der Waals surface area contributed by atoms with Gasteiger partial charge in [-0.25, -0.2) is 0 Å². The molecule has 11 heavy (non-hydrogen) atoms. The van der Waals surface area contributed by atoms with Gasteiger partial charge in [0.05, 0.1) is 0 Å². The molecule has 0 spiro atoms. The van der Waals surface area contributed by atoms with E-state index in [0.717, 1.165) is 5.92 Å². The predicted molar refractivity (Wildman–Crippen MR) is 48.5 cm³/mol. The molecular formula is C9H20N2. The maximum absolute atomic E-state index is 5.98. The normalized spacial score (nSPS) is 33.5. The van der Waals surface area contributed by atoms with E-state index in [1.54, 1.807) is 0 Å². The molecule has 2 N–H and O–H groups in total. The standard InChI is InChI=1S/C9H20N2/c1-7(2)6-9-8(10)4-5-11(9)3/h7-9H,4-6,10H2,1-3H3. The maximum Gasteiger partial charge on any atom is 0.0247 e. The number of nitrogens with zero attached hydrogens (tertiary/aromatic N) is 1. The van der Waals surface area contributed by atoms with Crippen molar-refractivity contribution in [1.82, 2.24) is 4.90 Å². The first kappa shape index (κ1) is 9.01. The first-order valence-corrected chi connectivity index (χ1v) is 4.57. The number of hydrogen-bond donors (Lipinski definition) is 1. The summed E-state index contributed by atoms with van der Waals surface area (Å²) in [5.74, 6) is 0.770. The average Bonchev–Trinajstić information content (AvgIpc) is 2.18. The van der Waals surface area contributed by atoms with Gasteiger partial charge >= 0.3 is 0 Å². The summed E-state index contributed by atoms with van der Waals surface area (Å²) in [6.45, 7) is 5.70. The molecular weight excluding hydrogens is 136 g/mol. The van der Waals surface area contributed by atoms with Crippen molar-refractivity contribution >= 4 is 0 Å². The van der Waals surface area contributed by atoms with Gasteiger partial charge in [-0.05, 0) is 32.4 Å². The molecule has 2 unspecified atom stereocenters. The van der Waals surface area contributed by atoms with E-state index in [1.807, 2.05) is 0 Å². The molecule has 0 amide bonds. The van der Waals surface area contributed by atoms with Gasteiger partial charge in [0.2, 0.25) is 0 Å². The van der Waals surface area contributed by atoms with Gasteiger partial charge in [-0.1, -0.05) is 13.8 Å². The summed E-state index contributed by atoms with van der Waals surface area (Å²) in [6.07, 6.45) is 2.42. The lowest BCUT2D eigenvalue weighted by molar-refractivity contribution is 0.259. The number of likely N-dealkylation sites (tertiary alicyclic amines) is 1. The second-order valence-corrected chi connectivity index (χ2v) is 4.13. The molecule has 1 aliphatic rings. The molecule has 0 saturated carbocycles. The number of likely N-dealkylation sites (N-methyl/N-ethyl adjacent to an activating group) is 1. The Bertz CT molecular complexity index is 113. The molecule has 0 aliphatic carbocycles. The summed E-state index contributed by atoms with van der Waals surface area (Å²) in [5.41, 5.74) is 5.98. The van der Waals surface area contributed by atoms with Crippen LogP contribution in [0.25, 0.3) is 0 Å². The summed E-state index contributed by atoms with van der Waals surface area (Å²) >= 11 is 0. The van der Waals surface area contributed by atoms with Gasteiger partial charge in [-0.15, -0.1) is 0 Å². The second kappa shape index (κ2) is 3.55. The van der Waals surface area contributed by atoms with E-state index in [2.05, 4.69) is 25.8 Å². The first-order valence-electron chi connectivity index (χ1n) is 4.57. The highest BCUT2D eigenvalue weighted by Crippen LogP contribution is 2.20. The van der Waals surface area contributed by atoms with Crippen LogP contribution in [-0.4, -0.2) is 30.6 Å². The minimum Gasteiger partial charge on any atom is -0.326 e. The molecule has 0 aromatic rings. The van der Waals surface area contributed by atoms with Crippen molar-refractivity contribution in [2.45, 2.75) is 38.8 Å². The molecule has 0 aromatic heterocycles. The SMILES string of the molecule is CC(C)CC1C(N)CCN1C. The Morgan fingerprint density at radius 2 is 2.18 bits per heavy atom. The van der Waals surface area contributed by atoms with Gasteiger partial charge < -0.3 is 10.6 Å². The minimum absolute atomic E-state index is 0.419. The fraction of sp³-hybridized carbons (Fsp3) is 1.00. The Morgan fingerprint density at radius 3 is 2.55 bits per heavy atom. The zero-order valence-electron chi connectivity index (χ0n) is 7.88. The van der Waals surface area contributed by atoms with Crippen molar-refractivity contribution in [3.63, 3.8) is 0 Å². The van der Waals surface area contributed by atoms with Crippen molar-refractivity contribution < 1.29 is 0 Å². The number of rotatable bonds is 2. The molecule has 1 rings (SSSR count). The predicted octanol–water partition coefficient (Wildman–Crippen LogP) is 1.06. The van der Waals surface area contributed by atoms with Crippen molar-refractivity contribution in [3.05, 3.63) is 0 Å². The van der Waals surface area contributed by atoms with Gasteiger partial charge in [0.25, 0.3) is 0 Å². The molecule has 1 fully saturated rings. The Balaban J connectivity index is 2.41. The van der Waals surface area contributed by atoms with Gasteiger partial charge in [-0.3, -0.25) is 0 Å². The zero-order valence-corrected chi connectivity index (χ0v) is 7.88. The third-order valence-electron chi connectivity index (χ3n) is 2.59. The monoisotopic (exact) mass is 156 g/mol. The van der Waals surface area contributed by atoms with E-state index in [0.29, 0.717) is 12.1 Å². The largest absolute Gasteiger partial charge is 0.326 e. The summed E-state index contributed by atoms with van der Waals surface area (Å²) < 4.78 is 0. The van der Waals surface area contributed by atoms with E-state index in [4.69, 9.17) is 5.73 Å². The quantitative estimate of drug-likeness (QED) is 0.648. The Kier molecular flexibility index (Phi) is 2.90. The average molecular weight is 156 g/mol. The van der Waals surface area contributed by atoms with Crippen LogP contribution in [0.2, 0.25) is 0 Å². The van der Waals surface area contributed by atoms with E-state index in [9.17, 15) is 0 Å². The highest BCUT2D eigenvalue weighted by atomic mass is 15.2. The molecule has 2 heteroatoms. The highest BCUT2D eigenvalue weighted by molar-refractivity contribution is 4.88. The second-order valence-electron chi connectivity index (χ2n) is 4.13. The maximum atomic E-state index is 5.98. The van der Waals surface area contributed by atoms with E-state index >= 15 is 0 Å². The summed E-state index contributed by atoms with van der Waals surface area (Å²) in [4.78, 5) is 2.39. The van der Waals surface area contributed by atoms with E-state index in [-0.39, 0.29) is 0 Å². The summed E-state index contributed by atoms with van der Waals surface area (Å²) in [6, 6.07) is 1.05. The highest BCUT2D eigenvalue weighted by Gasteiger charge is 2.28. The van der Waals surface area contributed by atoms with Crippen LogP contribution in [0.5, 0.6) is 0 Å². The number of hydrogen-bond acceptors (Lipinski definition) is 2. The zero-order chi connectivity index (χ0) is 8.43. The lowest BCUT2D eigenvalue weighted by Gasteiger charge is -2.24. The molecule has 0 aromatic carbocycles. The lowest BCUT2D eigenvalue weighted by atomic mass is 9.99. The molecule has 1 heterocycles. The van der Waals surface area contributed by atoms with Crippen molar-refractivity contribution in [2.24, 2.45) is 11.7 Å². The molecule has 1 saturated heterocycles. The van der Waals surface area contributed by atoms with E-state index in [1.165, 1.54) is 19.4 Å². The third kappa shape index (κ3) is 2.17. The fourth-order valence-electron chi connectivity index (χ4n) is 1.88. The van der Waals surface area contributed by atoms with Crippen LogP contribution in [0, 0.1) is 5.92 Å². The minimum atomic E-state index is 0.419. The van der Waals surface area contributed by atoms with Crippen molar-refractivity contribution in [3.8, 4) is 0 Å². The third-order valence-corrected chi connectivity index (χ3v) is 2.59. The van der Waals surface area contributed by atoms with Crippen LogP contribution in [0.15, 0.2) is 0 Å². The van der Waals surface area contributed by atoms with Crippen LogP contribution in [-0.2, 0) is 0 Å². The Hall–Kier alpha value is -0.0800. The van der Waals surface area contributed by atoms with Crippen LogP contribution in [0.4, 0.5) is 0 Å². The number of nitrogens with two attached hydrogens (primary N) is 1. The molecule has 1 aliphatic heterocycles. The smallest absolute Gasteiger partial charge is 0.0247 e. The lowest BCUT2D eigenvalue weighted by Crippen LogP contribution is -2.38. The van der Waals surface area contributed by atoms with Crippen LogP contribution < -0.4 is 5.73 Å². The molecule has 2 nitrogen and oxygen atoms in total. The molecule has 2 atom stereocenters. The van der Waals surface area contributed by atoms with Crippen molar-refractivity contribution in [1.29, 1.82) is 0 Å². The Labute approximate surface area is 69.8 Å². The molecule has 0 radical (unpaired) electrons. The Morgan fingerprint density at radius 1 is 1.55 bits per heavy atom. The van der Waals surface area contributed by atoms with Crippen LogP contribution in [0.1, 0.15) is 26.7 Å². The summed E-state index contributed by atoms with van der Waals surface area (Å²) in [7, 11) is 2.18. The van der Waals surface area contributed by atoms with Crippen LogP contribution in [0.3, 0.4) is 0 Å².